The van der Waals surface area contributed by atoms with Crippen molar-refractivity contribution >= 4 is 33.2 Å². The third-order valence-electron chi connectivity index (χ3n) is 3.35. The van der Waals surface area contributed by atoms with Crippen LogP contribution in [0.3, 0.4) is 0 Å². The SMILES string of the molecule is CC(C)C1CC(Nc2ccc(Cl)c(Br)c2)CCO1. The van der Waals surface area contributed by atoms with E-state index in [0.29, 0.717) is 18.1 Å². The van der Waals surface area contributed by atoms with Crippen LogP contribution in [0.2, 0.25) is 5.02 Å². The summed E-state index contributed by atoms with van der Waals surface area (Å²) in [6.45, 7) is 5.27. The topological polar surface area (TPSA) is 21.3 Å². The molecule has 4 heteroatoms. The molecule has 100 valence electrons. The van der Waals surface area contributed by atoms with Gasteiger partial charge in [-0.3, -0.25) is 0 Å². The van der Waals surface area contributed by atoms with Crippen LogP contribution in [0.15, 0.2) is 22.7 Å². The summed E-state index contributed by atoms with van der Waals surface area (Å²) in [4.78, 5) is 0. The van der Waals surface area contributed by atoms with Crippen molar-refractivity contribution in [3.63, 3.8) is 0 Å². The lowest BCUT2D eigenvalue weighted by atomic mass is 9.95. The van der Waals surface area contributed by atoms with Gasteiger partial charge in [0, 0.05) is 22.8 Å². The van der Waals surface area contributed by atoms with Crippen LogP contribution >= 0.6 is 27.5 Å². The highest BCUT2D eigenvalue weighted by Gasteiger charge is 2.24. The van der Waals surface area contributed by atoms with Crippen molar-refractivity contribution < 1.29 is 4.74 Å². The van der Waals surface area contributed by atoms with E-state index in [4.69, 9.17) is 16.3 Å². The molecule has 0 amide bonds. The molecule has 0 aliphatic carbocycles. The largest absolute Gasteiger partial charge is 0.382 e. The smallest absolute Gasteiger partial charge is 0.0617 e. The highest BCUT2D eigenvalue weighted by atomic mass is 79.9. The lowest BCUT2D eigenvalue weighted by Gasteiger charge is -2.33. The van der Waals surface area contributed by atoms with Crippen LogP contribution in [-0.2, 0) is 4.74 Å². The zero-order valence-electron chi connectivity index (χ0n) is 10.7. The third-order valence-corrected chi connectivity index (χ3v) is 4.56. The standard InChI is InChI=1S/C14H19BrClNO/c1-9(2)14-8-11(5-6-18-14)17-10-3-4-13(16)12(15)7-10/h3-4,7,9,11,14,17H,5-6,8H2,1-2H3. The van der Waals surface area contributed by atoms with Crippen LogP contribution in [0.25, 0.3) is 0 Å². The van der Waals surface area contributed by atoms with Gasteiger partial charge in [0.2, 0.25) is 0 Å². The Morgan fingerprint density at radius 2 is 2.22 bits per heavy atom. The molecule has 0 spiro atoms. The van der Waals surface area contributed by atoms with Gasteiger partial charge >= 0.3 is 0 Å². The molecule has 2 unspecified atom stereocenters. The Bertz CT molecular complexity index is 411. The Hall–Kier alpha value is -0.250. The van der Waals surface area contributed by atoms with Gasteiger partial charge in [-0.15, -0.1) is 0 Å². The monoisotopic (exact) mass is 331 g/mol. The molecule has 1 heterocycles. The number of nitrogens with one attached hydrogen (secondary N) is 1. The summed E-state index contributed by atoms with van der Waals surface area (Å²) < 4.78 is 6.71. The second-order valence-corrected chi connectivity index (χ2v) is 6.41. The second-order valence-electron chi connectivity index (χ2n) is 5.15. The summed E-state index contributed by atoms with van der Waals surface area (Å²) in [7, 11) is 0. The van der Waals surface area contributed by atoms with Crippen molar-refractivity contribution in [2.75, 3.05) is 11.9 Å². The van der Waals surface area contributed by atoms with Crippen LogP contribution in [0, 0.1) is 5.92 Å². The van der Waals surface area contributed by atoms with Crippen LogP contribution in [0.1, 0.15) is 26.7 Å². The zero-order chi connectivity index (χ0) is 13.1. The molecule has 18 heavy (non-hydrogen) atoms. The Kier molecular flexibility index (Phi) is 4.93. The van der Waals surface area contributed by atoms with E-state index in [-0.39, 0.29) is 0 Å². The maximum Gasteiger partial charge on any atom is 0.0617 e. The Balaban J connectivity index is 1.98. The number of ether oxygens (including phenoxy) is 1. The second kappa shape index (κ2) is 6.27. The number of anilines is 1. The van der Waals surface area contributed by atoms with Gasteiger partial charge in [0.05, 0.1) is 11.1 Å². The lowest BCUT2D eigenvalue weighted by molar-refractivity contribution is -0.0160. The highest BCUT2D eigenvalue weighted by molar-refractivity contribution is 9.10. The van der Waals surface area contributed by atoms with E-state index in [2.05, 4.69) is 35.1 Å². The Labute approximate surface area is 122 Å². The lowest BCUT2D eigenvalue weighted by Crippen LogP contribution is -2.36. The molecule has 1 saturated heterocycles. The molecule has 0 saturated carbocycles. The normalized spacial score (nSPS) is 24.3. The summed E-state index contributed by atoms with van der Waals surface area (Å²) in [5.74, 6) is 0.576. The average molecular weight is 333 g/mol. The molecule has 1 aliphatic heterocycles. The third kappa shape index (κ3) is 3.62. The van der Waals surface area contributed by atoms with E-state index >= 15 is 0 Å². The van der Waals surface area contributed by atoms with E-state index in [1.807, 2.05) is 18.2 Å². The fourth-order valence-corrected chi connectivity index (χ4v) is 2.74. The molecule has 1 fully saturated rings. The number of hydrogen-bond donors (Lipinski definition) is 1. The van der Waals surface area contributed by atoms with E-state index in [1.165, 1.54) is 0 Å². The fraction of sp³-hybridized carbons (Fsp3) is 0.571. The van der Waals surface area contributed by atoms with Crippen molar-refractivity contribution in [1.82, 2.24) is 0 Å². The minimum absolute atomic E-state index is 0.368. The van der Waals surface area contributed by atoms with E-state index in [0.717, 1.165) is 34.6 Å². The Morgan fingerprint density at radius 1 is 1.44 bits per heavy atom. The van der Waals surface area contributed by atoms with E-state index < -0.39 is 0 Å². The number of rotatable bonds is 3. The number of hydrogen-bond acceptors (Lipinski definition) is 2. The van der Waals surface area contributed by atoms with Crippen molar-refractivity contribution in [2.24, 2.45) is 5.92 Å². The average Bonchev–Trinajstić information content (AvgIpc) is 2.34. The molecule has 0 radical (unpaired) electrons. The summed E-state index contributed by atoms with van der Waals surface area (Å²) in [6.07, 6.45) is 2.49. The van der Waals surface area contributed by atoms with Crippen molar-refractivity contribution in [3.05, 3.63) is 27.7 Å². The van der Waals surface area contributed by atoms with Crippen molar-refractivity contribution in [1.29, 1.82) is 0 Å². The first-order chi connectivity index (χ1) is 8.56. The maximum atomic E-state index is 5.99. The molecular formula is C14H19BrClNO. The van der Waals surface area contributed by atoms with Gasteiger partial charge in [-0.1, -0.05) is 25.4 Å². The highest BCUT2D eigenvalue weighted by Crippen LogP contribution is 2.28. The summed E-state index contributed by atoms with van der Waals surface area (Å²) in [6, 6.07) is 6.45. The molecule has 0 bridgehead atoms. The summed E-state index contributed by atoms with van der Waals surface area (Å²) >= 11 is 9.44. The van der Waals surface area contributed by atoms with Gasteiger partial charge in [-0.2, -0.15) is 0 Å². The van der Waals surface area contributed by atoms with Crippen LogP contribution in [0.4, 0.5) is 5.69 Å². The summed E-state index contributed by atoms with van der Waals surface area (Å²) in [5, 5.41) is 4.31. The first kappa shape index (κ1) is 14.2. The Morgan fingerprint density at radius 3 is 2.89 bits per heavy atom. The van der Waals surface area contributed by atoms with Gasteiger partial charge < -0.3 is 10.1 Å². The first-order valence-electron chi connectivity index (χ1n) is 6.39. The molecule has 2 nitrogen and oxygen atoms in total. The molecule has 2 rings (SSSR count). The van der Waals surface area contributed by atoms with Gasteiger partial charge in [0.1, 0.15) is 0 Å². The molecule has 1 aromatic rings. The predicted molar refractivity (Wildman–Crippen MR) is 80.4 cm³/mol. The first-order valence-corrected chi connectivity index (χ1v) is 7.56. The zero-order valence-corrected chi connectivity index (χ0v) is 13.1. The molecular weight excluding hydrogens is 314 g/mol. The number of halogens is 2. The van der Waals surface area contributed by atoms with E-state index in [9.17, 15) is 0 Å². The molecule has 1 aromatic carbocycles. The molecule has 2 atom stereocenters. The van der Waals surface area contributed by atoms with Gasteiger partial charge in [0.15, 0.2) is 0 Å². The number of benzene rings is 1. The molecule has 1 N–H and O–H groups in total. The fourth-order valence-electron chi connectivity index (χ4n) is 2.25. The van der Waals surface area contributed by atoms with Gasteiger partial charge in [-0.05, 0) is 52.9 Å². The quantitative estimate of drug-likeness (QED) is 0.865. The van der Waals surface area contributed by atoms with Crippen LogP contribution in [0.5, 0.6) is 0 Å². The molecule has 1 aliphatic rings. The van der Waals surface area contributed by atoms with Crippen molar-refractivity contribution in [3.8, 4) is 0 Å². The minimum atomic E-state index is 0.368. The molecule has 0 aromatic heterocycles. The summed E-state index contributed by atoms with van der Waals surface area (Å²) in [5.41, 5.74) is 1.11. The maximum absolute atomic E-state index is 5.99. The predicted octanol–water partition coefficient (Wildman–Crippen LogP) is 4.72. The minimum Gasteiger partial charge on any atom is -0.382 e. The van der Waals surface area contributed by atoms with Crippen LogP contribution in [-0.4, -0.2) is 18.8 Å². The van der Waals surface area contributed by atoms with Crippen LogP contribution < -0.4 is 5.32 Å². The van der Waals surface area contributed by atoms with Gasteiger partial charge in [0.25, 0.3) is 0 Å². The van der Waals surface area contributed by atoms with Gasteiger partial charge in [-0.25, -0.2) is 0 Å². The van der Waals surface area contributed by atoms with Crippen molar-refractivity contribution in [2.45, 2.75) is 38.8 Å². The van der Waals surface area contributed by atoms with E-state index in [1.54, 1.807) is 0 Å².